The minimum atomic E-state index is -0.0248. The van der Waals surface area contributed by atoms with Crippen LogP contribution in [0.15, 0.2) is 0 Å². The molecular weight excluding hydrogens is 186 g/mol. The molecule has 0 spiro atoms. The van der Waals surface area contributed by atoms with E-state index in [1.807, 2.05) is 0 Å². The Hall–Kier alpha value is -0.0800. The SMILES string of the molecule is CCC1CCCCN1C1CCCC(O)C1. The third kappa shape index (κ3) is 2.73. The van der Waals surface area contributed by atoms with E-state index >= 15 is 0 Å². The highest BCUT2D eigenvalue weighted by molar-refractivity contribution is 4.86. The highest BCUT2D eigenvalue weighted by atomic mass is 16.3. The van der Waals surface area contributed by atoms with Gasteiger partial charge in [-0.05, 0) is 51.5 Å². The van der Waals surface area contributed by atoms with Crippen LogP contribution in [0.5, 0.6) is 0 Å². The lowest BCUT2D eigenvalue weighted by Gasteiger charge is -2.43. The first-order valence-electron chi connectivity index (χ1n) is 6.75. The maximum Gasteiger partial charge on any atom is 0.0555 e. The summed E-state index contributed by atoms with van der Waals surface area (Å²) >= 11 is 0. The second-order valence-electron chi connectivity index (χ2n) is 5.27. The van der Waals surface area contributed by atoms with Gasteiger partial charge in [0.25, 0.3) is 0 Å². The van der Waals surface area contributed by atoms with Crippen LogP contribution in [0.3, 0.4) is 0 Å². The van der Waals surface area contributed by atoms with Crippen LogP contribution in [0.2, 0.25) is 0 Å². The van der Waals surface area contributed by atoms with E-state index in [0.717, 1.165) is 18.9 Å². The molecule has 1 heterocycles. The molecule has 3 atom stereocenters. The second kappa shape index (κ2) is 5.31. The molecule has 1 aliphatic heterocycles. The zero-order valence-electron chi connectivity index (χ0n) is 9.99. The Kier molecular flexibility index (Phi) is 4.04. The lowest BCUT2D eigenvalue weighted by molar-refractivity contribution is 0.0235. The fraction of sp³-hybridized carbons (Fsp3) is 1.00. The first kappa shape index (κ1) is 11.4. The lowest BCUT2D eigenvalue weighted by Crippen LogP contribution is -2.48. The predicted octanol–water partition coefficient (Wildman–Crippen LogP) is 2.55. The zero-order valence-corrected chi connectivity index (χ0v) is 9.99. The van der Waals surface area contributed by atoms with Crippen LogP contribution >= 0.6 is 0 Å². The Balaban J connectivity index is 1.94. The Morgan fingerprint density at radius 3 is 2.73 bits per heavy atom. The molecule has 15 heavy (non-hydrogen) atoms. The molecule has 2 aliphatic rings. The Bertz CT molecular complexity index is 195. The topological polar surface area (TPSA) is 23.5 Å². The van der Waals surface area contributed by atoms with Gasteiger partial charge in [0.1, 0.15) is 0 Å². The monoisotopic (exact) mass is 211 g/mol. The molecule has 0 aromatic heterocycles. The van der Waals surface area contributed by atoms with Crippen LogP contribution < -0.4 is 0 Å². The third-order valence-electron chi connectivity index (χ3n) is 4.23. The van der Waals surface area contributed by atoms with Gasteiger partial charge in [0.15, 0.2) is 0 Å². The van der Waals surface area contributed by atoms with Crippen LogP contribution in [0.4, 0.5) is 0 Å². The molecule has 2 fully saturated rings. The highest BCUT2D eigenvalue weighted by Gasteiger charge is 2.30. The van der Waals surface area contributed by atoms with Crippen molar-refractivity contribution in [2.24, 2.45) is 0 Å². The van der Waals surface area contributed by atoms with Crippen molar-refractivity contribution < 1.29 is 5.11 Å². The number of hydrogen-bond donors (Lipinski definition) is 1. The largest absolute Gasteiger partial charge is 0.393 e. The number of aliphatic hydroxyl groups is 1. The van der Waals surface area contributed by atoms with Gasteiger partial charge in [-0.2, -0.15) is 0 Å². The average Bonchev–Trinajstić information content (AvgIpc) is 2.29. The van der Waals surface area contributed by atoms with Gasteiger partial charge in [0, 0.05) is 12.1 Å². The van der Waals surface area contributed by atoms with Gasteiger partial charge in [-0.15, -0.1) is 0 Å². The van der Waals surface area contributed by atoms with E-state index in [9.17, 15) is 5.11 Å². The summed E-state index contributed by atoms with van der Waals surface area (Å²) in [6, 6.07) is 1.48. The van der Waals surface area contributed by atoms with Gasteiger partial charge in [-0.25, -0.2) is 0 Å². The van der Waals surface area contributed by atoms with Gasteiger partial charge >= 0.3 is 0 Å². The number of rotatable bonds is 2. The van der Waals surface area contributed by atoms with E-state index in [1.54, 1.807) is 0 Å². The van der Waals surface area contributed by atoms with Crippen molar-refractivity contribution in [1.82, 2.24) is 4.90 Å². The van der Waals surface area contributed by atoms with E-state index in [4.69, 9.17) is 0 Å². The quantitative estimate of drug-likeness (QED) is 0.759. The van der Waals surface area contributed by atoms with Crippen molar-refractivity contribution >= 4 is 0 Å². The summed E-state index contributed by atoms with van der Waals surface area (Å²) in [4.78, 5) is 2.70. The molecule has 2 heteroatoms. The molecule has 0 aromatic rings. The number of hydrogen-bond acceptors (Lipinski definition) is 2. The molecule has 1 aliphatic carbocycles. The smallest absolute Gasteiger partial charge is 0.0555 e. The van der Waals surface area contributed by atoms with Gasteiger partial charge < -0.3 is 5.11 Å². The molecular formula is C13H25NO. The maximum atomic E-state index is 9.74. The maximum absolute atomic E-state index is 9.74. The minimum absolute atomic E-state index is 0.0248. The second-order valence-corrected chi connectivity index (χ2v) is 5.27. The molecule has 88 valence electrons. The third-order valence-corrected chi connectivity index (χ3v) is 4.23. The molecule has 0 amide bonds. The minimum Gasteiger partial charge on any atom is -0.393 e. The van der Waals surface area contributed by atoms with Crippen molar-refractivity contribution in [2.75, 3.05) is 6.54 Å². The first-order chi connectivity index (χ1) is 7.31. The zero-order chi connectivity index (χ0) is 10.7. The lowest BCUT2D eigenvalue weighted by atomic mass is 9.88. The van der Waals surface area contributed by atoms with Crippen molar-refractivity contribution in [2.45, 2.75) is 76.5 Å². The van der Waals surface area contributed by atoms with Crippen LogP contribution in [0, 0.1) is 0 Å². The summed E-state index contributed by atoms with van der Waals surface area (Å²) in [5.74, 6) is 0. The molecule has 2 rings (SSSR count). The van der Waals surface area contributed by atoms with Crippen LogP contribution in [-0.4, -0.2) is 34.7 Å². The van der Waals surface area contributed by atoms with Crippen LogP contribution in [0.1, 0.15) is 58.3 Å². The summed E-state index contributed by atoms with van der Waals surface area (Å²) in [5.41, 5.74) is 0. The van der Waals surface area contributed by atoms with Crippen LogP contribution in [-0.2, 0) is 0 Å². The summed E-state index contributed by atoms with van der Waals surface area (Å²) in [7, 11) is 0. The van der Waals surface area contributed by atoms with Crippen molar-refractivity contribution in [3.63, 3.8) is 0 Å². The molecule has 3 unspecified atom stereocenters. The fourth-order valence-electron chi connectivity index (χ4n) is 3.38. The summed E-state index contributed by atoms with van der Waals surface area (Å²) in [6.45, 7) is 3.58. The van der Waals surface area contributed by atoms with Crippen LogP contribution in [0.25, 0.3) is 0 Å². The molecule has 2 nitrogen and oxygen atoms in total. The Labute approximate surface area is 93.7 Å². The average molecular weight is 211 g/mol. The first-order valence-corrected chi connectivity index (χ1v) is 6.75. The van der Waals surface area contributed by atoms with E-state index < -0.39 is 0 Å². The van der Waals surface area contributed by atoms with Crippen molar-refractivity contribution in [1.29, 1.82) is 0 Å². The number of nitrogens with zero attached hydrogens (tertiary/aromatic N) is 1. The molecule has 0 aromatic carbocycles. The van der Waals surface area contributed by atoms with E-state index in [2.05, 4.69) is 11.8 Å². The van der Waals surface area contributed by atoms with Crippen molar-refractivity contribution in [3.05, 3.63) is 0 Å². The molecule has 0 radical (unpaired) electrons. The number of piperidine rings is 1. The molecule has 1 saturated carbocycles. The molecule has 0 bridgehead atoms. The van der Waals surface area contributed by atoms with Crippen molar-refractivity contribution in [3.8, 4) is 0 Å². The van der Waals surface area contributed by atoms with E-state index in [-0.39, 0.29) is 6.10 Å². The highest BCUT2D eigenvalue weighted by Crippen LogP contribution is 2.29. The fourth-order valence-corrected chi connectivity index (χ4v) is 3.38. The van der Waals surface area contributed by atoms with E-state index in [1.165, 1.54) is 45.1 Å². The standard InChI is InChI=1S/C13H25NO/c1-2-11-6-3-4-9-14(11)12-7-5-8-13(15)10-12/h11-13,15H,2-10H2,1H3. The summed E-state index contributed by atoms with van der Waals surface area (Å²) in [6.07, 6.45) is 10.00. The normalized spacial score (nSPS) is 39.2. The Morgan fingerprint density at radius 2 is 2.00 bits per heavy atom. The van der Waals surface area contributed by atoms with Gasteiger partial charge in [0.2, 0.25) is 0 Å². The Morgan fingerprint density at radius 1 is 1.13 bits per heavy atom. The van der Waals surface area contributed by atoms with E-state index in [0.29, 0.717) is 6.04 Å². The number of aliphatic hydroxyl groups excluding tert-OH is 1. The predicted molar refractivity (Wildman–Crippen MR) is 62.9 cm³/mol. The van der Waals surface area contributed by atoms with Gasteiger partial charge in [0.05, 0.1) is 6.10 Å². The summed E-state index contributed by atoms with van der Waals surface area (Å²) < 4.78 is 0. The van der Waals surface area contributed by atoms with Gasteiger partial charge in [-0.1, -0.05) is 13.3 Å². The molecule has 1 saturated heterocycles. The summed E-state index contributed by atoms with van der Waals surface area (Å²) in [5, 5.41) is 9.74. The van der Waals surface area contributed by atoms with Gasteiger partial charge in [-0.3, -0.25) is 4.90 Å². The number of likely N-dealkylation sites (tertiary alicyclic amines) is 1. The molecule has 1 N–H and O–H groups in total.